The molecular formula is C12H9ClF4N2. The van der Waals surface area contributed by atoms with Crippen LogP contribution in [0.15, 0.2) is 12.1 Å². The summed E-state index contributed by atoms with van der Waals surface area (Å²) < 4.78 is 51.1. The number of hydrogen-bond donors (Lipinski definition) is 0. The van der Waals surface area contributed by atoms with E-state index in [0.29, 0.717) is 10.9 Å². The molecule has 2 rings (SSSR count). The van der Waals surface area contributed by atoms with Crippen LogP contribution < -0.4 is 0 Å². The number of hydrogen-bond acceptors (Lipinski definition) is 2. The zero-order valence-corrected chi connectivity index (χ0v) is 10.8. The normalized spacial score (nSPS) is 12.4. The summed E-state index contributed by atoms with van der Waals surface area (Å²) in [6, 6.07) is 3.28. The fraction of sp³-hybridized carbons (Fsp3) is 0.333. The Bertz CT molecular complexity index is 643. The van der Waals surface area contributed by atoms with E-state index >= 15 is 0 Å². The van der Waals surface area contributed by atoms with Gasteiger partial charge in [-0.3, -0.25) is 0 Å². The van der Waals surface area contributed by atoms with E-state index in [-0.39, 0.29) is 10.7 Å². The molecule has 7 heteroatoms. The van der Waals surface area contributed by atoms with Crippen molar-refractivity contribution >= 4 is 22.5 Å². The molecule has 0 bridgehead atoms. The monoisotopic (exact) mass is 292 g/mol. The first kappa shape index (κ1) is 14.0. The van der Waals surface area contributed by atoms with Crippen molar-refractivity contribution in [2.45, 2.75) is 26.2 Å². The van der Waals surface area contributed by atoms with Crippen molar-refractivity contribution in [3.63, 3.8) is 0 Å². The lowest BCUT2D eigenvalue weighted by Crippen LogP contribution is -2.26. The molecule has 0 radical (unpaired) electrons. The molecule has 1 aromatic carbocycles. The third-order valence-electron chi connectivity index (χ3n) is 2.67. The van der Waals surface area contributed by atoms with Gasteiger partial charge in [0.15, 0.2) is 0 Å². The highest BCUT2D eigenvalue weighted by Crippen LogP contribution is 2.35. The lowest BCUT2D eigenvalue weighted by molar-refractivity contribution is -0.140. The Labute approximate surface area is 111 Å². The molecule has 0 atom stereocenters. The van der Waals surface area contributed by atoms with Crippen LogP contribution in [0.3, 0.4) is 0 Å². The molecule has 1 aromatic heterocycles. The molecule has 102 valence electrons. The SMILES string of the molecule is Cc1cc(C)c2c(Cl)nc(C(F)(F)C(F)F)nc2c1. The fourth-order valence-corrected chi connectivity index (χ4v) is 2.16. The first-order valence-corrected chi connectivity index (χ1v) is 5.72. The number of aromatic nitrogens is 2. The molecule has 2 aromatic rings. The Morgan fingerprint density at radius 2 is 1.79 bits per heavy atom. The van der Waals surface area contributed by atoms with Gasteiger partial charge < -0.3 is 0 Å². The molecule has 0 unspecified atom stereocenters. The zero-order chi connectivity index (χ0) is 14.4. The van der Waals surface area contributed by atoms with E-state index in [1.54, 1.807) is 19.9 Å². The molecule has 0 saturated heterocycles. The lowest BCUT2D eigenvalue weighted by atomic mass is 10.1. The lowest BCUT2D eigenvalue weighted by Gasteiger charge is -2.15. The highest BCUT2D eigenvalue weighted by Gasteiger charge is 2.46. The Kier molecular flexibility index (Phi) is 3.38. The van der Waals surface area contributed by atoms with Gasteiger partial charge in [-0.05, 0) is 31.0 Å². The summed E-state index contributed by atoms with van der Waals surface area (Å²) in [4.78, 5) is 6.83. The Morgan fingerprint density at radius 1 is 1.16 bits per heavy atom. The van der Waals surface area contributed by atoms with E-state index in [0.717, 1.165) is 5.56 Å². The van der Waals surface area contributed by atoms with E-state index in [2.05, 4.69) is 9.97 Å². The van der Waals surface area contributed by atoms with Gasteiger partial charge in [-0.25, -0.2) is 18.7 Å². The van der Waals surface area contributed by atoms with Gasteiger partial charge in [-0.15, -0.1) is 0 Å². The number of aryl methyl sites for hydroxylation is 2. The number of nitrogens with zero attached hydrogens (tertiary/aromatic N) is 2. The van der Waals surface area contributed by atoms with Crippen LogP contribution in [0.5, 0.6) is 0 Å². The minimum Gasteiger partial charge on any atom is -0.227 e. The van der Waals surface area contributed by atoms with Gasteiger partial charge in [-0.2, -0.15) is 8.78 Å². The van der Waals surface area contributed by atoms with Crippen molar-refractivity contribution in [1.82, 2.24) is 9.97 Å². The maximum absolute atomic E-state index is 13.3. The van der Waals surface area contributed by atoms with Crippen molar-refractivity contribution in [3.8, 4) is 0 Å². The number of fused-ring (bicyclic) bond motifs is 1. The van der Waals surface area contributed by atoms with E-state index in [1.807, 2.05) is 0 Å². The van der Waals surface area contributed by atoms with Crippen molar-refractivity contribution in [3.05, 3.63) is 34.2 Å². The van der Waals surface area contributed by atoms with E-state index in [1.165, 1.54) is 6.07 Å². The van der Waals surface area contributed by atoms with Gasteiger partial charge >= 0.3 is 12.3 Å². The summed E-state index contributed by atoms with van der Waals surface area (Å²) in [6.07, 6.45) is -3.88. The molecule has 0 saturated carbocycles. The molecule has 1 heterocycles. The molecule has 0 aliphatic heterocycles. The molecule has 0 spiro atoms. The average molecular weight is 293 g/mol. The van der Waals surface area contributed by atoms with Gasteiger partial charge in [0.2, 0.25) is 5.82 Å². The Morgan fingerprint density at radius 3 is 2.37 bits per heavy atom. The molecule has 0 N–H and O–H groups in total. The second kappa shape index (κ2) is 4.59. The Hall–Kier alpha value is -1.43. The molecule has 0 fully saturated rings. The number of halogens is 5. The first-order chi connectivity index (χ1) is 8.73. The summed E-state index contributed by atoms with van der Waals surface area (Å²) in [5.41, 5.74) is 1.60. The second-order valence-electron chi connectivity index (χ2n) is 4.24. The molecular weight excluding hydrogens is 284 g/mol. The summed E-state index contributed by atoms with van der Waals surface area (Å²) in [5.74, 6) is -5.68. The number of alkyl halides is 4. The van der Waals surface area contributed by atoms with Crippen molar-refractivity contribution in [2.24, 2.45) is 0 Å². The van der Waals surface area contributed by atoms with Crippen LogP contribution in [-0.2, 0) is 5.92 Å². The van der Waals surface area contributed by atoms with Crippen molar-refractivity contribution in [1.29, 1.82) is 0 Å². The minimum atomic E-state index is -4.42. The zero-order valence-electron chi connectivity index (χ0n) is 10.0. The molecule has 0 amide bonds. The topological polar surface area (TPSA) is 25.8 Å². The quantitative estimate of drug-likeness (QED) is 0.610. The van der Waals surface area contributed by atoms with Crippen LogP contribution >= 0.6 is 11.6 Å². The van der Waals surface area contributed by atoms with Gasteiger partial charge in [-0.1, -0.05) is 17.7 Å². The predicted octanol–water partition coefficient (Wildman–Crippen LogP) is 4.26. The summed E-state index contributed by atoms with van der Waals surface area (Å²) in [5, 5.41) is 0.138. The maximum atomic E-state index is 13.3. The summed E-state index contributed by atoms with van der Waals surface area (Å²) in [6.45, 7) is 3.46. The van der Waals surface area contributed by atoms with E-state index in [9.17, 15) is 17.6 Å². The molecule has 0 aliphatic carbocycles. The van der Waals surface area contributed by atoms with Crippen molar-refractivity contribution < 1.29 is 17.6 Å². The highest BCUT2D eigenvalue weighted by molar-refractivity contribution is 6.34. The maximum Gasteiger partial charge on any atom is 0.365 e. The Balaban J connectivity index is 2.75. The van der Waals surface area contributed by atoms with Gasteiger partial charge in [0.1, 0.15) is 5.15 Å². The summed E-state index contributed by atoms with van der Waals surface area (Å²) in [7, 11) is 0. The number of rotatable bonds is 2. The first-order valence-electron chi connectivity index (χ1n) is 5.34. The highest BCUT2D eigenvalue weighted by atomic mass is 35.5. The third kappa shape index (κ3) is 2.36. The largest absolute Gasteiger partial charge is 0.365 e. The van der Waals surface area contributed by atoms with Crippen LogP contribution in [0.1, 0.15) is 17.0 Å². The van der Waals surface area contributed by atoms with Gasteiger partial charge in [0.25, 0.3) is 0 Å². The standard InChI is InChI=1S/C12H9ClF4N2/c1-5-3-6(2)8-7(4-5)18-11(19-9(8)13)12(16,17)10(14)15/h3-4,10H,1-2H3. The van der Waals surface area contributed by atoms with E-state index < -0.39 is 18.2 Å². The van der Waals surface area contributed by atoms with Crippen LogP contribution in [-0.4, -0.2) is 16.4 Å². The second-order valence-corrected chi connectivity index (χ2v) is 4.60. The fourth-order valence-electron chi connectivity index (χ4n) is 1.84. The van der Waals surface area contributed by atoms with Gasteiger partial charge in [0, 0.05) is 5.39 Å². The van der Waals surface area contributed by atoms with E-state index in [4.69, 9.17) is 11.6 Å². The molecule has 2 nitrogen and oxygen atoms in total. The van der Waals surface area contributed by atoms with Crippen LogP contribution in [0.25, 0.3) is 10.9 Å². The number of benzene rings is 1. The third-order valence-corrected chi connectivity index (χ3v) is 2.94. The average Bonchev–Trinajstić information content (AvgIpc) is 2.26. The van der Waals surface area contributed by atoms with Crippen LogP contribution in [0.2, 0.25) is 5.15 Å². The minimum absolute atomic E-state index is 0.132. The predicted molar refractivity (Wildman–Crippen MR) is 63.9 cm³/mol. The molecule has 0 aliphatic rings. The smallest absolute Gasteiger partial charge is 0.227 e. The van der Waals surface area contributed by atoms with Crippen LogP contribution in [0, 0.1) is 13.8 Å². The molecule has 19 heavy (non-hydrogen) atoms. The van der Waals surface area contributed by atoms with Crippen molar-refractivity contribution in [2.75, 3.05) is 0 Å². The van der Waals surface area contributed by atoms with Crippen LogP contribution in [0.4, 0.5) is 17.6 Å². The summed E-state index contributed by atoms with van der Waals surface area (Å²) >= 11 is 5.80. The van der Waals surface area contributed by atoms with Gasteiger partial charge in [0.05, 0.1) is 5.52 Å².